The van der Waals surface area contributed by atoms with E-state index in [-0.39, 0.29) is 61.1 Å². The zero-order valence-electron chi connectivity index (χ0n) is 36.3. The number of phenols is 3. The van der Waals surface area contributed by atoms with E-state index in [1.807, 2.05) is 6.07 Å². The molecule has 9 rings (SSSR count). The number of carboxylic acid groups (broad SMARTS) is 1. The van der Waals surface area contributed by atoms with Crippen molar-refractivity contribution in [1.29, 1.82) is 0 Å². The van der Waals surface area contributed by atoms with Crippen LogP contribution in [0.25, 0.3) is 6.08 Å². The van der Waals surface area contributed by atoms with E-state index in [9.17, 15) is 61.0 Å². The zero-order chi connectivity index (χ0) is 47.6. The summed E-state index contributed by atoms with van der Waals surface area (Å²) in [5.74, 6) is -9.72. The number of carbonyl (C=O) groups excluding carboxylic acids is 1. The Morgan fingerprint density at radius 1 is 0.940 bits per heavy atom. The van der Waals surface area contributed by atoms with Gasteiger partial charge in [0.25, 0.3) is 5.91 Å². The quantitative estimate of drug-likeness (QED) is 0.0520. The number of H-pyrrole nitrogens is 1. The Kier molecular flexibility index (Phi) is 12.2. The Hall–Kier alpha value is -5.83. The number of amides is 1. The predicted molar refractivity (Wildman–Crippen MR) is 237 cm³/mol. The van der Waals surface area contributed by atoms with Crippen LogP contribution in [0.15, 0.2) is 78.8 Å². The van der Waals surface area contributed by atoms with Crippen molar-refractivity contribution >= 4 is 23.6 Å². The van der Waals surface area contributed by atoms with Crippen molar-refractivity contribution in [3.8, 4) is 23.0 Å². The molecule has 2 fully saturated rings. The summed E-state index contributed by atoms with van der Waals surface area (Å²) in [4.78, 5) is 37.9. The molecule has 1 saturated carbocycles. The van der Waals surface area contributed by atoms with Crippen LogP contribution in [-0.2, 0) is 32.6 Å². The third-order valence-corrected chi connectivity index (χ3v) is 15.0. The number of phenolic OH excluding ortho intramolecular Hbond substituents is 3. The lowest BCUT2D eigenvalue weighted by molar-refractivity contribution is -0.422. The van der Waals surface area contributed by atoms with Gasteiger partial charge in [-0.05, 0) is 103 Å². The van der Waals surface area contributed by atoms with Gasteiger partial charge >= 0.3 is 11.9 Å². The lowest BCUT2D eigenvalue weighted by atomic mass is 9.45. The molecule has 1 aromatic heterocycles. The fourth-order valence-electron chi connectivity index (χ4n) is 12.3. The van der Waals surface area contributed by atoms with Gasteiger partial charge in [-0.25, -0.2) is 9.78 Å². The number of aliphatic hydroxyl groups excluding tert-OH is 6. The minimum atomic E-state index is -3.20. The van der Waals surface area contributed by atoms with Gasteiger partial charge < -0.3 is 70.6 Å². The number of aliphatic hydroxyl groups is 7. The molecule has 18 heteroatoms. The Morgan fingerprint density at radius 2 is 1.75 bits per heavy atom. The molecule has 0 unspecified atom stereocenters. The van der Waals surface area contributed by atoms with E-state index in [1.54, 1.807) is 30.5 Å². The van der Waals surface area contributed by atoms with Crippen molar-refractivity contribution in [2.24, 2.45) is 17.8 Å². The lowest BCUT2D eigenvalue weighted by Crippen LogP contribution is -2.67. The first kappa shape index (κ1) is 46.3. The second-order valence-corrected chi connectivity index (χ2v) is 18.4. The van der Waals surface area contributed by atoms with Crippen LogP contribution in [0.5, 0.6) is 23.0 Å². The van der Waals surface area contributed by atoms with E-state index in [2.05, 4.69) is 9.97 Å². The number of nitrogens with zero attached hydrogens (tertiary/aromatic N) is 2. The number of anilines is 1. The number of aromatic amines is 1. The van der Waals surface area contributed by atoms with Crippen molar-refractivity contribution in [2.75, 3.05) is 24.7 Å². The summed E-state index contributed by atoms with van der Waals surface area (Å²) < 4.78 is 11.1. The number of allylic oxidation sites excluding steroid dienone is 1. The summed E-state index contributed by atoms with van der Waals surface area (Å²) in [5, 5.41) is 121. The Bertz CT molecular complexity index is 2600. The van der Waals surface area contributed by atoms with Gasteiger partial charge in [-0.2, -0.15) is 0 Å². The maximum atomic E-state index is 15.2. The monoisotopic (exact) mass is 925 g/mol. The fourth-order valence-corrected chi connectivity index (χ4v) is 12.3. The summed E-state index contributed by atoms with van der Waals surface area (Å²) in [7, 11) is 0. The highest BCUT2D eigenvalue weighted by molar-refractivity contribution is 6.13. The third-order valence-electron chi connectivity index (χ3n) is 15.0. The summed E-state index contributed by atoms with van der Waals surface area (Å²) in [5.41, 5.74) is 0.320. The van der Waals surface area contributed by atoms with Gasteiger partial charge in [0.05, 0.1) is 18.6 Å². The molecule has 3 heterocycles. The molecule has 18 nitrogen and oxygen atoms in total. The van der Waals surface area contributed by atoms with Crippen LogP contribution >= 0.6 is 0 Å². The Balaban J connectivity index is 1.25. The zero-order valence-corrected chi connectivity index (χ0v) is 36.3. The normalized spacial score (nSPS) is 32.0. The predicted octanol–water partition coefficient (Wildman–Crippen LogP) is 2.20. The number of aliphatic carboxylic acids is 1. The standard InChI is InChI=1S/C49H55N3O15/c53-15-3-5-27-20-47(46(63)64)42(41(27)48-29(6-2-7-30(48)22-54)12-11-26-4-1-8-35(57)40(26)48)32-18-36(58)37(66-49(65)45(62)44(61)43(60)38(23-55)67-49)19-33(32)52(47)39(59)14-10-25-9-13-34(56)28(16-25)17-31-21-50-24-51-31/h1,4,8-10,13-14,16,18-21,24,29-30,38,41-45,53-58,60-62,65H,2-3,5-7,11-12,15,17,22-23H2,(H,50,51)(H,63,64)/b14-10+/t29-,30-,38-,41-,42+,43-,44+,45-,47-,48+,49+/m1/s1. The van der Waals surface area contributed by atoms with Gasteiger partial charge in [0.1, 0.15) is 29.8 Å². The highest BCUT2D eigenvalue weighted by Crippen LogP contribution is 2.70. The number of benzene rings is 3. The van der Waals surface area contributed by atoms with Crippen LogP contribution < -0.4 is 9.64 Å². The van der Waals surface area contributed by atoms with Crippen LogP contribution in [-0.4, -0.2) is 134 Å². The molecule has 0 bridgehead atoms. The van der Waals surface area contributed by atoms with Crippen molar-refractivity contribution < 1.29 is 75.2 Å². The van der Waals surface area contributed by atoms with E-state index >= 15 is 4.79 Å². The number of hydrogen-bond acceptors (Lipinski definition) is 15. The van der Waals surface area contributed by atoms with Gasteiger partial charge in [0.15, 0.2) is 23.1 Å². The second-order valence-electron chi connectivity index (χ2n) is 18.4. The molecule has 11 atom stereocenters. The molecular formula is C49H55N3O15. The minimum Gasteiger partial charge on any atom is -0.508 e. The molecule has 5 aliphatic rings. The van der Waals surface area contributed by atoms with Gasteiger partial charge in [-0.3, -0.25) is 9.69 Å². The number of hydrogen-bond donors (Lipinski definition) is 12. The molecular weight excluding hydrogens is 871 g/mol. The number of rotatable bonds is 13. The topological polar surface area (TPSA) is 307 Å². The van der Waals surface area contributed by atoms with Crippen LogP contribution in [0.3, 0.4) is 0 Å². The van der Waals surface area contributed by atoms with Crippen LogP contribution in [0, 0.1) is 17.8 Å². The van der Waals surface area contributed by atoms with Crippen LogP contribution in [0.1, 0.15) is 78.0 Å². The molecule has 4 aromatic rings. The number of imidazole rings is 1. The molecule has 0 spiro atoms. The largest absolute Gasteiger partial charge is 0.508 e. The first-order chi connectivity index (χ1) is 32.1. The fraction of sp³-hybridized carbons (Fsp3) is 0.449. The molecule has 2 aliphatic heterocycles. The number of aromatic nitrogens is 2. The molecule has 12 N–H and O–H groups in total. The van der Waals surface area contributed by atoms with Gasteiger partial charge in [0.2, 0.25) is 0 Å². The average molecular weight is 926 g/mol. The minimum absolute atomic E-state index is 0.0120. The summed E-state index contributed by atoms with van der Waals surface area (Å²) in [6.45, 7) is -1.50. The van der Waals surface area contributed by atoms with Gasteiger partial charge in [0, 0.05) is 72.0 Å². The summed E-state index contributed by atoms with van der Waals surface area (Å²) in [6, 6.07) is 12.2. The number of ether oxygens (including phenoxy) is 2. The number of nitrogens with one attached hydrogen (secondary N) is 1. The lowest BCUT2D eigenvalue weighted by Gasteiger charge is -2.58. The highest BCUT2D eigenvalue weighted by atomic mass is 16.8. The summed E-state index contributed by atoms with van der Waals surface area (Å²) in [6.07, 6.45) is 3.12. The van der Waals surface area contributed by atoms with E-state index in [4.69, 9.17) is 9.47 Å². The number of aryl methyl sites for hydroxylation is 1. The Labute approximate surface area is 384 Å². The van der Waals surface area contributed by atoms with Crippen LogP contribution in [0.4, 0.5) is 5.69 Å². The molecule has 3 aromatic carbocycles. The van der Waals surface area contributed by atoms with Gasteiger partial charge in [-0.1, -0.05) is 30.2 Å². The SMILES string of the molecule is O=C(/C=C/c1ccc(O)c(Cc2cnc[nH]2)c1)N1c2cc(O[C@]3(O)O[C@H](CO)[C@@H](O)[C@H](O)[C@H]3O)c(O)cc2[C@H]2[C@H]([C@@]34c5c(O)cccc5CC[C@H]3CCC[C@@H]4CO)C(CCCO)=C[C@]21C(=O)O. The molecule has 0 radical (unpaired) electrons. The van der Waals surface area contributed by atoms with E-state index in [0.717, 1.165) is 29.0 Å². The van der Waals surface area contributed by atoms with E-state index in [0.29, 0.717) is 53.6 Å². The van der Waals surface area contributed by atoms with Crippen molar-refractivity contribution in [3.05, 3.63) is 112 Å². The number of aromatic hydroxyl groups is 3. The molecule has 3 aliphatic carbocycles. The smallest absolute Gasteiger partial charge is 0.355 e. The number of fused-ring (bicyclic) bond motifs is 6. The average Bonchev–Trinajstić information content (AvgIpc) is 4.02. The van der Waals surface area contributed by atoms with Crippen molar-refractivity contribution in [2.45, 2.75) is 98.6 Å². The summed E-state index contributed by atoms with van der Waals surface area (Å²) >= 11 is 0. The second kappa shape index (κ2) is 17.7. The Morgan fingerprint density at radius 3 is 2.46 bits per heavy atom. The van der Waals surface area contributed by atoms with Crippen molar-refractivity contribution in [3.63, 3.8) is 0 Å². The number of carboxylic acids is 1. The first-order valence-electron chi connectivity index (χ1n) is 22.5. The highest BCUT2D eigenvalue weighted by Gasteiger charge is 2.71. The third kappa shape index (κ3) is 7.29. The maximum absolute atomic E-state index is 15.2. The maximum Gasteiger partial charge on any atom is 0.355 e. The first-order valence-corrected chi connectivity index (χ1v) is 22.5. The molecule has 1 saturated heterocycles. The number of carbonyl (C=O) groups is 2. The molecule has 67 heavy (non-hydrogen) atoms. The van der Waals surface area contributed by atoms with Crippen LogP contribution in [0.2, 0.25) is 0 Å². The van der Waals surface area contributed by atoms with Crippen molar-refractivity contribution in [1.82, 2.24) is 9.97 Å². The van der Waals surface area contributed by atoms with E-state index < -0.39 is 89.1 Å². The van der Waals surface area contributed by atoms with E-state index in [1.165, 1.54) is 30.6 Å². The molecule has 1 amide bonds. The van der Waals surface area contributed by atoms with Gasteiger partial charge in [-0.15, -0.1) is 0 Å². The molecule has 356 valence electrons.